The Morgan fingerprint density at radius 3 is 2.43 bits per heavy atom. The maximum absolute atomic E-state index is 16.0. The Bertz CT molecular complexity index is 1370. The van der Waals surface area contributed by atoms with E-state index in [1.165, 1.54) is 0 Å². The Kier molecular flexibility index (Phi) is 7.77. The fourth-order valence-corrected chi connectivity index (χ4v) is 4.02. The summed E-state index contributed by atoms with van der Waals surface area (Å²) in [5, 5.41) is 7.73. The third-order valence-corrected chi connectivity index (χ3v) is 5.79. The lowest BCUT2D eigenvalue weighted by Crippen LogP contribution is -2.21. The number of amidine groups is 1. The summed E-state index contributed by atoms with van der Waals surface area (Å²) < 4.78 is 29.5. The minimum absolute atomic E-state index is 0.0353. The third-order valence-electron chi connectivity index (χ3n) is 5.79. The highest BCUT2D eigenvalue weighted by Crippen LogP contribution is 2.38. The van der Waals surface area contributed by atoms with Gasteiger partial charge in [0.05, 0.1) is 30.6 Å². The predicted molar refractivity (Wildman–Crippen MR) is 145 cm³/mol. The first kappa shape index (κ1) is 25.8. The van der Waals surface area contributed by atoms with Crippen LogP contribution in [0.4, 0.5) is 15.8 Å². The molecule has 0 amide bonds. The van der Waals surface area contributed by atoms with E-state index in [1.54, 1.807) is 24.3 Å². The zero-order valence-electron chi connectivity index (χ0n) is 21.5. The van der Waals surface area contributed by atoms with E-state index in [0.29, 0.717) is 29.3 Å². The summed E-state index contributed by atoms with van der Waals surface area (Å²) in [6.07, 6.45) is 1.74. The third kappa shape index (κ3) is 5.91. The predicted octanol–water partition coefficient (Wildman–Crippen LogP) is 6.03. The van der Waals surface area contributed by atoms with Crippen molar-refractivity contribution < 1.29 is 13.9 Å². The smallest absolute Gasteiger partial charge is 0.188 e. The van der Waals surface area contributed by atoms with Crippen LogP contribution in [-0.2, 0) is 13.6 Å². The zero-order chi connectivity index (χ0) is 26.5. The lowest BCUT2D eigenvalue weighted by Gasteiger charge is -2.27. The van der Waals surface area contributed by atoms with Gasteiger partial charge in [0.15, 0.2) is 11.6 Å². The Hall–Kier alpha value is -4.33. The molecule has 192 valence electrons. The molecule has 4 rings (SSSR count). The molecule has 1 aromatic heterocycles. The number of nitrogen functional groups attached to an aromatic ring is 1. The molecular weight excluding hydrogens is 469 g/mol. The number of nitrogens with two attached hydrogens (primary N) is 1. The van der Waals surface area contributed by atoms with E-state index in [-0.39, 0.29) is 24.2 Å². The van der Waals surface area contributed by atoms with Gasteiger partial charge in [-0.2, -0.15) is 0 Å². The molecule has 7 nitrogen and oxygen atoms in total. The second-order valence-electron chi connectivity index (χ2n) is 8.92. The molecular formula is C29H32FN5O2. The zero-order valence-corrected chi connectivity index (χ0v) is 21.5. The Labute approximate surface area is 216 Å². The average Bonchev–Trinajstić information content (AvgIpc) is 3.25. The molecule has 37 heavy (non-hydrogen) atoms. The summed E-state index contributed by atoms with van der Waals surface area (Å²) in [4.78, 5) is 6.68. The first-order valence-corrected chi connectivity index (χ1v) is 12.2. The van der Waals surface area contributed by atoms with Gasteiger partial charge in [-0.1, -0.05) is 30.3 Å². The van der Waals surface area contributed by atoms with Gasteiger partial charge in [0.25, 0.3) is 0 Å². The highest BCUT2D eigenvalue weighted by molar-refractivity contribution is 5.95. The number of aryl methyl sites for hydroxylation is 1. The summed E-state index contributed by atoms with van der Waals surface area (Å²) in [7, 11) is 1.92. The molecule has 0 aliphatic rings. The molecule has 0 unspecified atom stereocenters. The highest BCUT2D eigenvalue weighted by Gasteiger charge is 2.23. The number of imidazole rings is 1. The fourth-order valence-electron chi connectivity index (χ4n) is 4.02. The monoisotopic (exact) mass is 501 g/mol. The van der Waals surface area contributed by atoms with E-state index in [1.807, 2.05) is 85.9 Å². The standard InChI is InChI=1S/C29H32FN5O2/c1-5-36-23-15-25(28(30)26(16-23)37-19(2)3)35(22-13-11-21(12-14-22)29(31)32)18-27-33-24(17-34(27)4)20-9-7-6-8-10-20/h6-17,19H,5,18H2,1-4H3,(H3,31,32). The van der Waals surface area contributed by atoms with Gasteiger partial charge in [0.1, 0.15) is 17.4 Å². The molecule has 0 fully saturated rings. The second kappa shape index (κ2) is 11.2. The first-order chi connectivity index (χ1) is 17.8. The van der Waals surface area contributed by atoms with Crippen LogP contribution in [-0.4, -0.2) is 28.1 Å². The molecule has 0 radical (unpaired) electrons. The van der Waals surface area contributed by atoms with Crippen LogP contribution >= 0.6 is 0 Å². The Balaban J connectivity index is 1.83. The van der Waals surface area contributed by atoms with Crippen LogP contribution in [0.3, 0.4) is 0 Å². The molecule has 0 saturated heterocycles. The number of benzene rings is 3. The van der Waals surface area contributed by atoms with Crippen LogP contribution in [0.2, 0.25) is 0 Å². The second-order valence-corrected chi connectivity index (χ2v) is 8.92. The number of aromatic nitrogens is 2. The van der Waals surface area contributed by atoms with E-state index in [2.05, 4.69) is 0 Å². The first-order valence-electron chi connectivity index (χ1n) is 12.2. The van der Waals surface area contributed by atoms with Crippen molar-refractivity contribution in [2.45, 2.75) is 33.4 Å². The number of ether oxygens (including phenoxy) is 2. The molecule has 3 aromatic carbocycles. The van der Waals surface area contributed by atoms with Crippen molar-refractivity contribution in [2.24, 2.45) is 12.8 Å². The largest absolute Gasteiger partial charge is 0.494 e. The number of nitrogens with zero attached hydrogens (tertiary/aromatic N) is 3. The molecule has 0 spiro atoms. The number of hydrogen-bond donors (Lipinski definition) is 2. The van der Waals surface area contributed by atoms with Gasteiger partial charge in [-0.05, 0) is 45.0 Å². The summed E-state index contributed by atoms with van der Waals surface area (Å²) in [5.41, 5.74) is 9.07. The Morgan fingerprint density at radius 1 is 1.11 bits per heavy atom. The van der Waals surface area contributed by atoms with Crippen LogP contribution in [0, 0.1) is 11.2 Å². The van der Waals surface area contributed by atoms with E-state index in [4.69, 9.17) is 25.6 Å². The quantitative estimate of drug-likeness (QED) is 0.204. The molecule has 4 aromatic rings. The van der Waals surface area contributed by atoms with Crippen LogP contribution < -0.4 is 20.1 Å². The molecule has 3 N–H and O–H groups in total. The maximum atomic E-state index is 16.0. The van der Waals surface area contributed by atoms with E-state index < -0.39 is 5.82 Å². The lowest BCUT2D eigenvalue weighted by atomic mass is 10.1. The van der Waals surface area contributed by atoms with Gasteiger partial charge >= 0.3 is 0 Å². The van der Waals surface area contributed by atoms with Crippen LogP contribution in [0.1, 0.15) is 32.2 Å². The average molecular weight is 502 g/mol. The molecule has 0 bridgehead atoms. The molecule has 8 heteroatoms. The highest BCUT2D eigenvalue weighted by atomic mass is 19.1. The summed E-state index contributed by atoms with van der Waals surface area (Å²) >= 11 is 0. The minimum atomic E-state index is -0.495. The SMILES string of the molecule is CCOc1cc(OC(C)C)c(F)c(N(Cc2nc(-c3ccccc3)cn2C)c2ccc(C(=N)N)cc2)c1. The number of hydrogen-bond acceptors (Lipinski definition) is 5. The number of nitrogens with one attached hydrogen (secondary N) is 1. The lowest BCUT2D eigenvalue weighted by molar-refractivity contribution is 0.229. The summed E-state index contributed by atoms with van der Waals surface area (Å²) in [6.45, 7) is 6.28. The van der Waals surface area contributed by atoms with Gasteiger partial charge in [0.2, 0.25) is 0 Å². The fraction of sp³-hybridized carbons (Fsp3) is 0.241. The van der Waals surface area contributed by atoms with Crippen molar-refractivity contribution in [3.05, 3.63) is 90.1 Å². The molecule has 1 heterocycles. The number of rotatable bonds is 10. The van der Waals surface area contributed by atoms with Crippen molar-refractivity contribution in [3.63, 3.8) is 0 Å². The van der Waals surface area contributed by atoms with Crippen molar-refractivity contribution in [3.8, 4) is 22.8 Å². The van der Waals surface area contributed by atoms with Crippen LogP contribution in [0.15, 0.2) is 72.9 Å². The normalized spacial score (nSPS) is 11.0. The topological polar surface area (TPSA) is 89.4 Å². The maximum Gasteiger partial charge on any atom is 0.188 e. The van der Waals surface area contributed by atoms with Crippen molar-refractivity contribution >= 4 is 17.2 Å². The Morgan fingerprint density at radius 2 is 1.81 bits per heavy atom. The van der Waals surface area contributed by atoms with Crippen molar-refractivity contribution in [1.29, 1.82) is 5.41 Å². The molecule has 0 aliphatic heterocycles. The van der Waals surface area contributed by atoms with Gasteiger partial charge in [0, 0.05) is 42.2 Å². The van der Waals surface area contributed by atoms with Gasteiger partial charge < -0.3 is 24.7 Å². The minimum Gasteiger partial charge on any atom is -0.494 e. The molecule has 0 atom stereocenters. The number of anilines is 2. The number of halogens is 1. The van der Waals surface area contributed by atoms with Gasteiger partial charge in [-0.15, -0.1) is 0 Å². The molecule has 0 aliphatic carbocycles. The molecule has 0 saturated carbocycles. The van der Waals surface area contributed by atoms with Crippen LogP contribution in [0.5, 0.6) is 11.5 Å². The van der Waals surface area contributed by atoms with Gasteiger partial charge in [-0.25, -0.2) is 9.37 Å². The van der Waals surface area contributed by atoms with E-state index in [0.717, 1.165) is 17.1 Å². The van der Waals surface area contributed by atoms with Gasteiger partial charge in [-0.3, -0.25) is 5.41 Å². The summed E-state index contributed by atoms with van der Waals surface area (Å²) in [5.74, 6) is 0.829. The van der Waals surface area contributed by atoms with Crippen molar-refractivity contribution in [1.82, 2.24) is 9.55 Å². The van der Waals surface area contributed by atoms with Crippen LogP contribution in [0.25, 0.3) is 11.3 Å². The van der Waals surface area contributed by atoms with E-state index >= 15 is 4.39 Å². The van der Waals surface area contributed by atoms with Crippen molar-refractivity contribution in [2.75, 3.05) is 11.5 Å². The summed E-state index contributed by atoms with van der Waals surface area (Å²) in [6, 6.07) is 20.3. The van der Waals surface area contributed by atoms with E-state index in [9.17, 15) is 0 Å².